The van der Waals surface area contributed by atoms with Gasteiger partial charge in [0.25, 0.3) is 11.8 Å². The molecule has 2 amide bonds. The van der Waals surface area contributed by atoms with Gasteiger partial charge in [0.1, 0.15) is 16.4 Å². The van der Waals surface area contributed by atoms with E-state index < -0.39 is 0 Å². The van der Waals surface area contributed by atoms with Crippen LogP contribution in [0.2, 0.25) is 0 Å². The molecule has 0 saturated heterocycles. The molecule has 0 spiro atoms. The molecule has 5 nitrogen and oxygen atoms in total. The van der Waals surface area contributed by atoms with Crippen LogP contribution in [0.3, 0.4) is 0 Å². The van der Waals surface area contributed by atoms with E-state index >= 15 is 0 Å². The lowest BCUT2D eigenvalue weighted by molar-refractivity contribution is -0.120. The van der Waals surface area contributed by atoms with Crippen LogP contribution in [0.1, 0.15) is 12.5 Å². The Morgan fingerprint density at radius 1 is 0.875 bits per heavy atom. The molecule has 1 aliphatic rings. The molecule has 0 fully saturated rings. The Bertz CT molecular complexity index is 1170. The van der Waals surface area contributed by atoms with Crippen molar-refractivity contribution in [3.63, 3.8) is 0 Å². The number of carbonyl (C=O) groups excluding carboxylic acids is 2. The van der Waals surface area contributed by atoms with Crippen molar-refractivity contribution in [3.05, 3.63) is 95.0 Å². The van der Waals surface area contributed by atoms with E-state index in [4.69, 9.17) is 4.74 Å². The molecule has 0 saturated carbocycles. The van der Waals surface area contributed by atoms with E-state index in [9.17, 15) is 9.59 Å². The number of likely N-dealkylation sites (N-methyl/N-ethyl adjacent to an activating group) is 1. The number of methoxy groups -OCH3 is 1. The van der Waals surface area contributed by atoms with Crippen LogP contribution in [0.5, 0.6) is 5.75 Å². The summed E-state index contributed by atoms with van der Waals surface area (Å²) in [6, 6.07) is 24.6. The third kappa shape index (κ3) is 4.01. The van der Waals surface area contributed by atoms with Crippen molar-refractivity contribution >= 4 is 35.0 Å². The lowest BCUT2D eigenvalue weighted by Crippen LogP contribution is -2.35. The molecule has 162 valence electrons. The highest BCUT2D eigenvalue weighted by Crippen LogP contribution is 2.42. The van der Waals surface area contributed by atoms with Crippen molar-refractivity contribution in [1.82, 2.24) is 0 Å². The number of rotatable bonds is 7. The molecule has 6 heteroatoms. The van der Waals surface area contributed by atoms with Crippen LogP contribution < -0.4 is 14.5 Å². The fourth-order valence-corrected chi connectivity index (χ4v) is 4.64. The first-order chi connectivity index (χ1) is 15.5. The van der Waals surface area contributed by atoms with Crippen molar-refractivity contribution in [3.8, 4) is 5.75 Å². The minimum atomic E-state index is -0.361. The number of anilines is 2. The highest BCUT2D eigenvalue weighted by molar-refractivity contribution is 8.04. The number of aryl methyl sites for hydroxylation is 1. The average Bonchev–Trinajstić information content (AvgIpc) is 3.06. The molecule has 32 heavy (non-hydrogen) atoms. The van der Waals surface area contributed by atoms with Crippen LogP contribution in [0.15, 0.2) is 94.4 Å². The molecule has 4 rings (SSSR count). The fourth-order valence-electron chi connectivity index (χ4n) is 3.66. The quantitative estimate of drug-likeness (QED) is 0.456. The molecule has 1 heterocycles. The second-order valence-corrected chi connectivity index (χ2v) is 8.37. The van der Waals surface area contributed by atoms with Gasteiger partial charge in [-0.05, 0) is 50.2 Å². The van der Waals surface area contributed by atoms with Gasteiger partial charge in [-0.15, -0.1) is 0 Å². The molecule has 0 aliphatic carbocycles. The van der Waals surface area contributed by atoms with E-state index in [1.54, 1.807) is 18.2 Å². The van der Waals surface area contributed by atoms with Crippen LogP contribution in [-0.2, 0) is 9.59 Å². The molecule has 0 unspecified atom stereocenters. The largest absolute Gasteiger partial charge is 0.495 e. The number of carbonyl (C=O) groups is 2. The van der Waals surface area contributed by atoms with Gasteiger partial charge in [-0.2, -0.15) is 0 Å². The molecule has 0 atom stereocenters. The van der Waals surface area contributed by atoms with Gasteiger partial charge in [0, 0.05) is 17.1 Å². The zero-order valence-corrected chi connectivity index (χ0v) is 19.1. The Morgan fingerprint density at radius 2 is 1.53 bits per heavy atom. The number of nitrogens with zero attached hydrogens (tertiary/aromatic N) is 2. The number of ether oxygens (including phenoxy) is 1. The first-order valence-electron chi connectivity index (χ1n) is 10.4. The zero-order valence-electron chi connectivity index (χ0n) is 18.2. The lowest BCUT2D eigenvalue weighted by atomic mass is 10.2. The minimum absolute atomic E-state index is 0.352. The maximum atomic E-state index is 13.7. The number of imide groups is 1. The van der Waals surface area contributed by atoms with E-state index in [1.165, 1.54) is 23.8 Å². The van der Waals surface area contributed by atoms with Gasteiger partial charge in [-0.25, -0.2) is 4.90 Å². The maximum absolute atomic E-state index is 13.7. The summed E-state index contributed by atoms with van der Waals surface area (Å²) in [5.74, 6) is -0.243. The predicted molar refractivity (Wildman–Crippen MR) is 129 cm³/mol. The Kier molecular flexibility index (Phi) is 6.32. The fraction of sp³-hybridized carbons (Fsp3) is 0.154. The number of amides is 2. The van der Waals surface area contributed by atoms with E-state index in [-0.39, 0.29) is 11.8 Å². The number of hydrogen-bond acceptors (Lipinski definition) is 5. The van der Waals surface area contributed by atoms with E-state index in [1.807, 2.05) is 79.4 Å². The summed E-state index contributed by atoms with van der Waals surface area (Å²) >= 11 is 1.32. The number of thioether (sulfide) groups is 1. The standard InChI is InChI=1S/C26H24N2O3S/c1-4-27(19-10-6-5-7-11-19)23-24(32-20-16-14-18(2)15-17-20)26(30)28(25(23)29)21-12-8-9-13-22(21)31-3/h5-17H,4H2,1-3H3. The van der Waals surface area contributed by atoms with Gasteiger partial charge in [-0.1, -0.05) is 59.8 Å². The number of benzene rings is 3. The minimum Gasteiger partial charge on any atom is -0.495 e. The summed E-state index contributed by atoms with van der Waals surface area (Å²) in [4.78, 5) is 31.8. The summed E-state index contributed by atoms with van der Waals surface area (Å²) < 4.78 is 5.44. The van der Waals surface area contributed by atoms with E-state index in [0.717, 1.165) is 16.1 Å². The van der Waals surface area contributed by atoms with Gasteiger partial charge >= 0.3 is 0 Å². The number of hydrogen-bond donors (Lipinski definition) is 0. The lowest BCUT2D eigenvalue weighted by Gasteiger charge is -2.25. The monoisotopic (exact) mass is 444 g/mol. The summed E-state index contributed by atoms with van der Waals surface area (Å²) in [5, 5.41) is 0. The Balaban J connectivity index is 1.84. The normalized spacial score (nSPS) is 13.7. The van der Waals surface area contributed by atoms with Gasteiger partial charge < -0.3 is 9.64 Å². The van der Waals surface area contributed by atoms with Gasteiger partial charge in [0.05, 0.1) is 12.8 Å². The summed E-state index contributed by atoms with van der Waals surface area (Å²) in [6.07, 6.45) is 0. The van der Waals surface area contributed by atoms with E-state index in [0.29, 0.717) is 28.6 Å². The van der Waals surface area contributed by atoms with Gasteiger partial charge in [-0.3, -0.25) is 9.59 Å². The molecular formula is C26H24N2O3S. The molecule has 0 aromatic heterocycles. The van der Waals surface area contributed by atoms with Crippen molar-refractivity contribution in [2.24, 2.45) is 0 Å². The predicted octanol–water partition coefficient (Wildman–Crippen LogP) is 5.41. The summed E-state index contributed by atoms with van der Waals surface area (Å²) in [5.41, 5.74) is 2.80. The van der Waals surface area contributed by atoms with Gasteiger partial charge in [0.15, 0.2) is 0 Å². The maximum Gasteiger partial charge on any atom is 0.283 e. The highest BCUT2D eigenvalue weighted by atomic mass is 32.2. The summed E-state index contributed by atoms with van der Waals surface area (Å²) in [6.45, 7) is 4.52. The van der Waals surface area contributed by atoms with Crippen molar-refractivity contribution < 1.29 is 14.3 Å². The van der Waals surface area contributed by atoms with Crippen LogP contribution in [0.4, 0.5) is 11.4 Å². The number of para-hydroxylation sites is 3. The van der Waals surface area contributed by atoms with E-state index in [2.05, 4.69) is 0 Å². The molecule has 0 N–H and O–H groups in total. The van der Waals surface area contributed by atoms with Crippen molar-refractivity contribution in [1.29, 1.82) is 0 Å². The topological polar surface area (TPSA) is 49.9 Å². The molecule has 3 aromatic carbocycles. The first-order valence-corrected chi connectivity index (χ1v) is 11.2. The second kappa shape index (κ2) is 9.32. The molecule has 3 aromatic rings. The van der Waals surface area contributed by atoms with Crippen LogP contribution in [-0.4, -0.2) is 25.5 Å². The van der Waals surface area contributed by atoms with Crippen LogP contribution >= 0.6 is 11.8 Å². The molecule has 0 radical (unpaired) electrons. The average molecular weight is 445 g/mol. The summed E-state index contributed by atoms with van der Waals surface area (Å²) in [7, 11) is 1.53. The van der Waals surface area contributed by atoms with Gasteiger partial charge in [0.2, 0.25) is 0 Å². The Hall–Kier alpha value is -3.51. The van der Waals surface area contributed by atoms with Crippen molar-refractivity contribution in [2.75, 3.05) is 23.5 Å². The van der Waals surface area contributed by atoms with Crippen LogP contribution in [0.25, 0.3) is 0 Å². The highest BCUT2D eigenvalue weighted by Gasteiger charge is 2.43. The second-order valence-electron chi connectivity index (χ2n) is 7.29. The third-order valence-electron chi connectivity index (χ3n) is 5.24. The SMILES string of the molecule is CCN(C1=C(Sc2ccc(C)cc2)C(=O)N(c2ccccc2OC)C1=O)c1ccccc1. The molecular weight excluding hydrogens is 420 g/mol. The molecule has 1 aliphatic heterocycles. The smallest absolute Gasteiger partial charge is 0.283 e. The zero-order chi connectivity index (χ0) is 22.7. The van der Waals surface area contributed by atoms with Crippen molar-refractivity contribution in [2.45, 2.75) is 18.7 Å². The molecule has 0 bridgehead atoms. The first kappa shape index (κ1) is 21.7. The Labute approximate surface area is 192 Å². The Morgan fingerprint density at radius 3 is 2.19 bits per heavy atom. The third-order valence-corrected chi connectivity index (χ3v) is 6.32. The van der Waals surface area contributed by atoms with Crippen LogP contribution in [0, 0.1) is 6.92 Å².